The number of anilines is 1. The molecule has 0 saturated heterocycles. The van der Waals surface area contributed by atoms with Crippen molar-refractivity contribution in [2.75, 3.05) is 12.0 Å². The number of rotatable bonds is 6. The van der Waals surface area contributed by atoms with Crippen LogP contribution in [0.25, 0.3) is 10.9 Å². The maximum absolute atomic E-state index is 12.5. The molecule has 0 aliphatic rings. The van der Waals surface area contributed by atoms with Crippen molar-refractivity contribution in [3.8, 4) is 5.75 Å². The van der Waals surface area contributed by atoms with E-state index in [0.29, 0.717) is 23.2 Å². The Balaban J connectivity index is 1.69. The second kappa shape index (κ2) is 7.69. The van der Waals surface area contributed by atoms with Crippen LogP contribution in [0, 0.1) is 6.92 Å². The number of hydrazine groups is 1. The Hall–Kier alpha value is -3.35. The van der Waals surface area contributed by atoms with Crippen LogP contribution in [0.5, 0.6) is 5.75 Å². The lowest BCUT2D eigenvalue weighted by Gasteiger charge is -2.14. The number of hydrogen-bond acceptors (Lipinski definition) is 5. The van der Waals surface area contributed by atoms with Crippen molar-refractivity contribution in [2.24, 2.45) is 0 Å². The van der Waals surface area contributed by atoms with Crippen LogP contribution in [0.2, 0.25) is 0 Å². The summed E-state index contributed by atoms with van der Waals surface area (Å²) in [6.07, 6.45) is 0. The Labute approximate surface area is 150 Å². The molecule has 7 nitrogen and oxygen atoms in total. The first kappa shape index (κ1) is 17.5. The van der Waals surface area contributed by atoms with Crippen molar-refractivity contribution < 1.29 is 9.53 Å². The molecule has 0 saturated carbocycles. The molecule has 0 aliphatic heterocycles. The van der Waals surface area contributed by atoms with Crippen LogP contribution in [0.15, 0.2) is 53.3 Å². The number of carbonyl (C=O) groups is 1. The van der Waals surface area contributed by atoms with Crippen LogP contribution in [-0.4, -0.2) is 22.1 Å². The van der Waals surface area contributed by atoms with Gasteiger partial charge in [0.1, 0.15) is 5.75 Å². The zero-order valence-electron chi connectivity index (χ0n) is 14.7. The molecule has 0 atom stereocenters. The second-order valence-corrected chi connectivity index (χ2v) is 5.78. The summed E-state index contributed by atoms with van der Waals surface area (Å²) in [5.74, 6) is 0.520. The lowest BCUT2D eigenvalue weighted by atomic mass is 10.2. The normalized spacial score (nSPS) is 10.5. The van der Waals surface area contributed by atoms with Gasteiger partial charge in [-0.2, -0.15) is 0 Å². The van der Waals surface area contributed by atoms with Gasteiger partial charge >= 0.3 is 0 Å². The second-order valence-electron chi connectivity index (χ2n) is 5.78. The molecule has 3 rings (SSSR count). The zero-order valence-corrected chi connectivity index (χ0v) is 14.7. The van der Waals surface area contributed by atoms with E-state index in [2.05, 4.69) is 15.8 Å². The first-order chi connectivity index (χ1) is 12.6. The quantitative estimate of drug-likeness (QED) is 0.665. The van der Waals surface area contributed by atoms with Gasteiger partial charge in [0.2, 0.25) is 5.95 Å². The number of nitrogens with one attached hydrogen (secondary N) is 2. The summed E-state index contributed by atoms with van der Waals surface area (Å²) in [5, 5.41) is 0.536. The number of fused-ring (bicyclic) bond motifs is 1. The first-order valence-corrected chi connectivity index (χ1v) is 8.32. The number of benzene rings is 2. The fourth-order valence-corrected chi connectivity index (χ4v) is 2.57. The van der Waals surface area contributed by atoms with E-state index < -0.39 is 0 Å². The molecule has 0 bridgehead atoms. The van der Waals surface area contributed by atoms with Crippen LogP contribution < -0.4 is 21.1 Å². The van der Waals surface area contributed by atoms with Crippen molar-refractivity contribution in [3.63, 3.8) is 0 Å². The molecule has 7 heteroatoms. The standard InChI is InChI=1S/C19H20N4O3/c1-3-23-18(25)15-9-4-5-10-16(15)20-19(23)22-21-17(24)12-26-14-8-6-7-13(2)11-14/h4-11H,3,12H2,1-2H3,(H,20,22)(H,21,24). The summed E-state index contributed by atoms with van der Waals surface area (Å²) in [6, 6.07) is 14.5. The predicted molar refractivity (Wildman–Crippen MR) is 100 cm³/mol. The third kappa shape index (κ3) is 3.83. The molecule has 0 radical (unpaired) electrons. The fourth-order valence-electron chi connectivity index (χ4n) is 2.57. The van der Waals surface area contributed by atoms with Crippen LogP contribution in [0.3, 0.4) is 0 Å². The van der Waals surface area contributed by atoms with Gasteiger partial charge in [-0.3, -0.25) is 25.0 Å². The number of hydrogen-bond donors (Lipinski definition) is 2. The van der Waals surface area contributed by atoms with Gasteiger partial charge in [0.15, 0.2) is 6.61 Å². The molecule has 2 aromatic carbocycles. The maximum atomic E-state index is 12.5. The lowest BCUT2D eigenvalue weighted by molar-refractivity contribution is -0.122. The molecule has 0 fully saturated rings. The highest BCUT2D eigenvalue weighted by molar-refractivity contribution is 5.80. The summed E-state index contributed by atoms with van der Waals surface area (Å²) in [6.45, 7) is 4.06. The number of aryl methyl sites for hydroxylation is 1. The first-order valence-electron chi connectivity index (χ1n) is 8.32. The average molecular weight is 352 g/mol. The number of carbonyl (C=O) groups excluding carboxylic acids is 1. The monoisotopic (exact) mass is 352 g/mol. The van der Waals surface area contributed by atoms with Gasteiger partial charge in [0.05, 0.1) is 10.9 Å². The Morgan fingerprint density at radius 3 is 2.77 bits per heavy atom. The minimum Gasteiger partial charge on any atom is -0.484 e. The molecule has 2 N–H and O–H groups in total. The molecule has 1 amide bonds. The van der Waals surface area contributed by atoms with E-state index in [4.69, 9.17) is 4.74 Å². The van der Waals surface area contributed by atoms with Crippen molar-refractivity contribution >= 4 is 22.8 Å². The summed E-state index contributed by atoms with van der Waals surface area (Å²) in [7, 11) is 0. The molecule has 26 heavy (non-hydrogen) atoms. The average Bonchev–Trinajstić information content (AvgIpc) is 2.65. The van der Waals surface area contributed by atoms with E-state index in [1.165, 1.54) is 4.57 Å². The highest BCUT2D eigenvalue weighted by Gasteiger charge is 2.10. The van der Waals surface area contributed by atoms with Crippen LogP contribution >= 0.6 is 0 Å². The molecule has 1 heterocycles. The molecule has 0 unspecified atom stereocenters. The van der Waals surface area contributed by atoms with Crippen molar-refractivity contribution in [3.05, 3.63) is 64.4 Å². The van der Waals surface area contributed by atoms with Crippen molar-refractivity contribution in [1.29, 1.82) is 0 Å². The van der Waals surface area contributed by atoms with Gasteiger partial charge < -0.3 is 4.74 Å². The number of nitrogens with zero attached hydrogens (tertiary/aromatic N) is 2. The molecule has 0 spiro atoms. The van der Waals surface area contributed by atoms with E-state index in [0.717, 1.165) is 5.56 Å². The SMILES string of the molecule is CCn1c(NNC(=O)COc2cccc(C)c2)nc2ccccc2c1=O. The highest BCUT2D eigenvalue weighted by atomic mass is 16.5. The Morgan fingerprint density at radius 1 is 1.19 bits per heavy atom. The number of aromatic nitrogens is 2. The van der Waals surface area contributed by atoms with Gasteiger partial charge in [-0.1, -0.05) is 24.3 Å². The van der Waals surface area contributed by atoms with Gasteiger partial charge in [0, 0.05) is 6.54 Å². The lowest BCUT2D eigenvalue weighted by Crippen LogP contribution is -2.37. The topological polar surface area (TPSA) is 85.2 Å². The van der Waals surface area contributed by atoms with Crippen LogP contribution in [-0.2, 0) is 11.3 Å². The van der Waals surface area contributed by atoms with Crippen LogP contribution in [0.1, 0.15) is 12.5 Å². The Bertz CT molecular complexity index is 997. The third-order valence-electron chi connectivity index (χ3n) is 3.85. The Morgan fingerprint density at radius 2 is 2.00 bits per heavy atom. The number of ether oxygens (including phenoxy) is 1. The number of para-hydroxylation sites is 1. The zero-order chi connectivity index (χ0) is 18.5. The highest BCUT2D eigenvalue weighted by Crippen LogP contribution is 2.12. The Kier molecular flexibility index (Phi) is 5.17. The van der Waals surface area contributed by atoms with E-state index in [1.54, 1.807) is 24.3 Å². The van der Waals surface area contributed by atoms with Crippen molar-refractivity contribution in [2.45, 2.75) is 20.4 Å². The molecule has 3 aromatic rings. The fraction of sp³-hybridized carbons (Fsp3) is 0.211. The van der Waals surface area contributed by atoms with E-state index in [-0.39, 0.29) is 24.0 Å². The number of amides is 1. The minimum atomic E-state index is -0.378. The maximum Gasteiger partial charge on any atom is 0.276 e. The van der Waals surface area contributed by atoms with Crippen molar-refractivity contribution in [1.82, 2.24) is 15.0 Å². The summed E-state index contributed by atoms with van der Waals surface area (Å²) in [5.41, 5.74) is 6.68. The molecule has 1 aromatic heterocycles. The van der Waals surface area contributed by atoms with Gasteiger partial charge in [-0.15, -0.1) is 0 Å². The molecular formula is C19H20N4O3. The minimum absolute atomic E-state index is 0.152. The molecular weight excluding hydrogens is 332 g/mol. The summed E-state index contributed by atoms with van der Waals surface area (Å²) < 4.78 is 6.91. The van der Waals surface area contributed by atoms with Gasteiger partial charge in [-0.25, -0.2) is 4.98 Å². The van der Waals surface area contributed by atoms with Gasteiger partial charge in [-0.05, 0) is 43.7 Å². The third-order valence-corrected chi connectivity index (χ3v) is 3.85. The largest absolute Gasteiger partial charge is 0.484 e. The van der Waals surface area contributed by atoms with E-state index in [9.17, 15) is 9.59 Å². The molecule has 0 aliphatic carbocycles. The van der Waals surface area contributed by atoms with E-state index >= 15 is 0 Å². The summed E-state index contributed by atoms with van der Waals surface area (Å²) in [4.78, 5) is 28.9. The molecule has 134 valence electrons. The smallest absolute Gasteiger partial charge is 0.276 e. The predicted octanol–water partition coefficient (Wildman–Crippen LogP) is 2.25. The van der Waals surface area contributed by atoms with E-state index in [1.807, 2.05) is 38.1 Å². The van der Waals surface area contributed by atoms with Gasteiger partial charge in [0.25, 0.3) is 11.5 Å². The van der Waals surface area contributed by atoms with Crippen LogP contribution in [0.4, 0.5) is 5.95 Å². The summed E-state index contributed by atoms with van der Waals surface area (Å²) >= 11 is 0.